The summed E-state index contributed by atoms with van der Waals surface area (Å²) < 4.78 is 0. The summed E-state index contributed by atoms with van der Waals surface area (Å²) in [6, 6.07) is 9.50. The van der Waals surface area contributed by atoms with Crippen molar-refractivity contribution < 1.29 is 4.79 Å². The monoisotopic (exact) mass is 216 g/mol. The van der Waals surface area contributed by atoms with Crippen LogP contribution >= 0.6 is 0 Å². The molecule has 0 spiro atoms. The van der Waals surface area contributed by atoms with E-state index in [1.54, 1.807) is 0 Å². The van der Waals surface area contributed by atoms with Crippen molar-refractivity contribution in [1.29, 1.82) is 5.26 Å². The Kier molecular flexibility index (Phi) is 3.68. The normalized spacial score (nSPS) is 10.6. The average molecular weight is 216 g/mol. The van der Waals surface area contributed by atoms with Crippen LogP contribution in [0.5, 0.6) is 0 Å². The van der Waals surface area contributed by atoms with E-state index in [2.05, 4.69) is 26.1 Å². The molecule has 1 amide bonds. The van der Waals surface area contributed by atoms with Crippen LogP contribution in [0.25, 0.3) is 0 Å². The second-order valence-electron chi connectivity index (χ2n) is 4.68. The van der Waals surface area contributed by atoms with Gasteiger partial charge in [0, 0.05) is 5.69 Å². The fraction of sp³-hybridized carbons (Fsp3) is 0.385. The van der Waals surface area contributed by atoms with Crippen LogP contribution in [-0.2, 0) is 10.2 Å². The maximum atomic E-state index is 11.4. The number of carbonyl (C=O) groups is 1. The number of nitrogens with zero attached hydrogens (tertiary/aromatic N) is 1. The molecular formula is C13H16N2O. The largest absolute Gasteiger partial charge is 0.325 e. The molecular weight excluding hydrogens is 200 g/mol. The number of nitrogens with one attached hydrogen (secondary N) is 1. The van der Waals surface area contributed by atoms with Crippen molar-refractivity contribution >= 4 is 11.6 Å². The minimum absolute atomic E-state index is 0.0312. The summed E-state index contributed by atoms with van der Waals surface area (Å²) in [4.78, 5) is 11.4. The van der Waals surface area contributed by atoms with Gasteiger partial charge >= 0.3 is 0 Å². The maximum Gasteiger partial charge on any atom is 0.238 e. The third kappa shape index (κ3) is 3.09. The Morgan fingerprint density at radius 2 is 2.00 bits per heavy atom. The van der Waals surface area contributed by atoms with E-state index in [9.17, 15) is 4.79 Å². The number of hydrogen-bond acceptors (Lipinski definition) is 2. The lowest BCUT2D eigenvalue weighted by Crippen LogP contribution is -2.18. The van der Waals surface area contributed by atoms with Crippen LogP contribution < -0.4 is 5.32 Å². The van der Waals surface area contributed by atoms with E-state index < -0.39 is 0 Å². The fourth-order valence-corrected chi connectivity index (χ4v) is 1.51. The second-order valence-corrected chi connectivity index (χ2v) is 4.68. The summed E-state index contributed by atoms with van der Waals surface area (Å²) in [6.45, 7) is 6.26. The molecule has 0 radical (unpaired) electrons. The molecule has 0 saturated carbocycles. The number of para-hydroxylation sites is 1. The first kappa shape index (κ1) is 12.3. The van der Waals surface area contributed by atoms with E-state index >= 15 is 0 Å². The van der Waals surface area contributed by atoms with E-state index in [-0.39, 0.29) is 17.7 Å². The zero-order valence-electron chi connectivity index (χ0n) is 9.87. The molecule has 1 aromatic carbocycles. The molecule has 1 rings (SSSR count). The van der Waals surface area contributed by atoms with E-state index in [0.29, 0.717) is 0 Å². The van der Waals surface area contributed by atoms with E-state index in [4.69, 9.17) is 5.26 Å². The minimum Gasteiger partial charge on any atom is -0.325 e. The SMILES string of the molecule is CC(C)(C)c1ccccc1NC(=O)CC#N. The molecule has 0 fully saturated rings. The van der Waals surface area contributed by atoms with E-state index in [0.717, 1.165) is 11.3 Å². The van der Waals surface area contributed by atoms with Crippen molar-refractivity contribution in [3.63, 3.8) is 0 Å². The fourth-order valence-electron chi connectivity index (χ4n) is 1.51. The molecule has 0 saturated heterocycles. The third-order valence-electron chi connectivity index (χ3n) is 2.25. The molecule has 0 aromatic heterocycles. The topological polar surface area (TPSA) is 52.9 Å². The van der Waals surface area contributed by atoms with Gasteiger partial charge in [-0.25, -0.2) is 0 Å². The Hall–Kier alpha value is -1.82. The van der Waals surface area contributed by atoms with Crippen molar-refractivity contribution in [1.82, 2.24) is 0 Å². The first-order chi connectivity index (χ1) is 7.45. The van der Waals surface area contributed by atoms with Gasteiger partial charge in [0.05, 0.1) is 6.07 Å². The summed E-state index contributed by atoms with van der Waals surface area (Å²) in [6.07, 6.45) is -0.113. The number of nitriles is 1. The number of hydrogen-bond donors (Lipinski definition) is 1. The van der Waals surface area contributed by atoms with Crippen LogP contribution in [0.2, 0.25) is 0 Å². The molecule has 84 valence electrons. The van der Waals surface area contributed by atoms with Crippen LogP contribution in [-0.4, -0.2) is 5.91 Å². The molecule has 16 heavy (non-hydrogen) atoms. The Bertz CT molecular complexity index is 424. The zero-order chi connectivity index (χ0) is 12.2. The number of amides is 1. The second kappa shape index (κ2) is 4.80. The molecule has 1 N–H and O–H groups in total. The highest BCUT2D eigenvalue weighted by Gasteiger charge is 2.18. The molecule has 0 aliphatic carbocycles. The molecule has 3 heteroatoms. The van der Waals surface area contributed by atoms with Gasteiger partial charge in [0.1, 0.15) is 6.42 Å². The van der Waals surface area contributed by atoms with Gasteiger partial charge in [-0.1, -0.05) is 39.0 Å². The van der Waals surface area contributed by atoms with Crippen LogP contribution in [0.3, 0.4) is 0 Å². The van der Waals surface area contributed by atoms with Gasteiger partial charge in [0.2, 0.25) is 5.91 Å². The number of carbonyl (C=O) groups excluding carboxylic acids is 1. The number of anilines is 1. The standard InChI is InChI=1S/C13H16N2O/c1-13(2,3)10-6-4-5-7-11(10)15-12(16)8-9-14/h4-7H,8H2,1-3H3,(H,15,16). The average Bonchev–Trinajstić information content (AvgIpc) is 2.17. The summed E-state index contributed by atoms with van der Waals surface area (Å²) in [5.74, 6) is -0.265. The molecule has 1 aromatic rings. The Morgan fingerprint density at radius 1 is 1.38 bits per heavy atom. The van der Waals surface area contributed by atoms with Gasteiger partial charge in [-0.15, -0.1) is 0 Å². The summed E-state index contributed by atoms with van der Waals surface area (Å²) in [7, 11) is 0. The van der Waals surface area contributed by atoms with Crippen molar-refractivity contribution in [2.75, 3.05) is 5.32 Å². The number of rotatable bonds is 2. The highest BCUT2D eigenvalue weighted by atomic mass is 16.1. The quantitative estimate of drug-likeness (QED) is 0.826. The summed E-state index contributed by atoms with van der Waals surface area (Å²) in [5, 5.41) is 11.2. The Balaban J connectivity index is 2.97. The Labute approximate surface area is 96.1 Å². The lowest BCUT2D eigenvalue weighted by molar-refractivity contribution is -0.115. The molecule has 0 unspecified atom stereocenters. The molecule has 0 bridgehead atoms. The molecule has 3 nitrogen and oxygen atoms in total. The van der Waals surface area contributed by atoms with Gasteiger partial charge in [0.15, 0.2) is 0 Å². The predicted molar refractivity (Wildman–Crippen MR) is 64.0 cm³/mol. The van der Waals surface area contributed by atoms with Gasteiger partial charge in [-0.3, -0.25) is 4.79 Å². The zero-order valence-corrected chi connectivity index (χ0v) is 9.87. The van der Waals surface area contributed by atoms with Crippen LogP contribution in [0.1, 0.15) is 32.8 Å². The van der Waals surface area contributed by atoms with Gasteiger partial charge < -0.3 is 5.32 Å². The highest BCUT2D eigenvalue weighted by molar-refractivity contribution is 5.92. The van der Waals surface area contributed by atoms with Gasteiger partial charge in [-0.2, -0.15) is 5.26 Å². The van der Waals surface area contributed by atoms with Crippen molar-refractivity contribution in [2.45, 2.75) is 32.6 Å². The first-order valence-corrected chi connectivity index (χ1v) is 5.21. The summed E-state index contributed by atoms with van der Waals surface area (Å²) in [5.41, 5.74) is 1.83. The highest BCUT2D eigenvalue weighted by Crippen LogP contribution is 2.29. The van der Waals surface area contributed by atoms with Crippen LogP contribution in [0.15, 0.2) is 24.3 Å². The van der Waals surface area contributed by atoms with Gasteiger partial charge in [0.25, 0.3) is 0 Å². The maximum absolute atomic E-state index is 11.4. The van der Waals surface area contributed by atoms with E-state index in [1.165, 1.54) is 0 Å². The third-order valence-corrected chi connectivity index (χ3v) is 2.25. The first-order valence-electron chi connectivity index (χ1n) is 5.21. The van der Waals surface area contributed by atoms with Crippen molar-refractivity contribution in [2.24, 2.45) is 0 Å². The predicted octanol–water partition coefficient (Wildman–Crippen LogP) is 2.84. The number of benzene rings is 1. The molecule has 0 heterocycles. The van der Waals surface area contributed by atoms with Crippen LogP contribution in [0, 0.1) is 11.3 Å². The van der Waals surface area contributed by atoms with Crippen molar-refractivity contribution in [3.8, 4) is 6.07 Å². The molecule has 0 atom stereocenters. The summed E-state index contributed by atoms with van der Waals surface area (Å²) >= 11 is 0. The Morgan fingerprint density at radius 3 is 2.56 bits per heavy atom. The van der Waals surface area contributed by atoms with Crippen molar-refractivity contribution in [3.05, 3.63) is 29.8 Å². The minimum atomic E-state index is -0.265. The smallest absolute Gasteiger partial charge is 0.238 e. The van der Waals surface area contributed by atoms with Gasteiger partial charge in [-0.05, 0) is 17.0 Å². The molecule has 0 aliphatic rings. The lowest BCUT2D eigenvalue weighted by Gasteiger charge is -2.22. The van der Waals surface area contributed by atoms with E-state index in [1.807, 2.05) is 30.3 Å². The lowest BCUT2D eigenvalue weighted by atomic mass is 9.86. The molecule has 0 aliphatic heterocycles. The van der Waals surface area contributed by atoms with Crippen LogP contribution in [0.4, 0.5) is 5.69 Å².